The van der Waals surface area contributed by atoms with Crippen LogP contribution in [0.25, 0.3) is 5.69 Å². The molecule has 158 valence electrons. The minimum atomic E-state index is -4.50. The third-order valence-corrected chi connectivity index (χ3v) is 4.64. The van der Waals surface area contributed by atoms with Gasteiger partial charge in [0.05, 0.1) is 12.0 Å². The maximum atomic E-state index is 12.7. The number of nitrogens with zero attached hydrogens (tertiary/aromatic N) is 4. The minimum absolute atomic E-state index is 0.275. The number of nitrogens with one attached hydrogen (secondary N) is 1. The van der Waals surface area contributed by atoms with Crippen LogP contribution in [0.3, 0.4) is 0 Å². The van der Waals surface area contributed by atoms with Crippen molar-refractivity contribution in [1.82, 2.24) is 24.6 Å². The number of rotatable bonds is 6. The Morgan fingerprint density at radius 1 is 1.00 bits per heavy atom. The van der Waals surface area contributed by atoms with Crippen LogP contribution in [-0.4, -0.2) is 25.2 Å². The highest BCUT2D eigenvalue weighted by molar-refractivity contribution is 5.94. The summed E-state index contributed by atoms with van der Waals surface area (Å²) in [4.78, 5) is 16.5. The zero-order valence-electron chi connectivity index (χ0n) is 16.3. The largest absolute Gasteiger partial charge is 0.435 e. The van der Waals surface area contributed by atoms with Crippen molar-refractivity contribution in [2.45, 2.75) is 19.3 Å². The Bertz CT molecular complexity index is 1160. The van der Waals surface area contributed by atoms with Gasteiger partial charge in [-0.05, 0) is 41.5 Å². The quantitative estimate of drug-likeness (QED) is 0.507. The Kier molecular flexibility index (Phi) is 5.57. The van der Waals surface area contributed by atoms with Crippen molar-refractivity contribution >= 4 is 5.91 Å². The van der Waals surface area contributed by atoms with Crippen LogP contribution in [0.1, 0.15) is 27.2 Å². The number of benzene rings is 2. The minimum Gasteiger partial charge on any atom is -0.348 e. The average molecular weight is 425 g/mol. The smallest absolute Gasteiger partial charge is 0.348 e. The number of hydrogen-bond donors (Lipinski definition) is 1. The second kappa shape index (κ2) is 8.47. The van der Waals surface area contributed by atoms with Crippen molar-refractivity contribution in [3.8, 4) is 5.69 Å². The van der Waals surface area contributed by atoms with Gasteiger partial charge in [0.15, 0.2) is 5.69 Å². The molecule has 31 heavy (non-hydrogen) atoms. The van der Waals surface area contributed by atoms with E-state index in [1.54, 1.807) is 36.8 Å². The molecule has 0 saturated heterocycles. The van der Waals surface area contributed by atoms with Crippen LogP contribution in [0.2, 0.25) is 0 Å². The van der Waals surface area contributed by atoms with Gasteiger partial charge >= 0.3 is 6.18 Å². The summed E-state index contributed by atoms with van der Waals surface area (Å²) in [5.41, 5.74) is 1.91. The van der Waals surface area contributed by atoms with E-state index in [0.29, 0.717) is 24.3 Å². The standard InChI is InChI=1S/C22H18F3N5O/c23-22(24,25)20-8-10-30(28-20)19-6-4-18(5-7-19)21(31)27-13-16-2-1-3-17(12-16)14-29-11-9-26-15-29/h1-12,15H,13-14H2,(H,27,31). The molecule has 0 fully saturated rings. The van der Waals surface area contributed by atoms with Gasteiger partial charge in [-0.3, -0.25) is 4.79 Å². The Morgan fingerprint density at radius 3 is 2.45 bits per heavy atom. The van der Waals surface area contributed by atoms with Crippen LogP contribution in [0.4, 0.5) is 13.2 Å². The molecule has 1 amide bonds. The molecule has 0 spiro atoms. The topological polar surface area (TPSA) is 64.7 Å². The van der Waals surface area contributed by atoms with Crippen LogP contribution in [-0.2, 0) is 19.3 Å². The van der Waals surface area contributed by atoms with Crippen LogP contribution in [0.5, 0.6) is 0 Å². The molecule has 0 bridgehead atoms. The fraction of sp³-hybridized carbons (Fsp3) is 0.136. The molecule has 0 aliphatic carbocycles. The predicted molar refractivity (Wildman–Crippen MR) is 108 cm³/mol. The zero-order chi connectivity index (χ0) is 21.8. The Hall–Kier alpha value is -3.88. The van der Waals surface area contributed by atoms with Gasteiger partial charge in [-0.15, -0.1) is 0 Å². The number of carbonyl (C=O) groups excluding carboxylic acids is 1. The number of carbonyl (C=O) groups is 1. The first-order valence-corrected chi connectivity index (χ1v) is 9.43. The maximum Gasteiger partial charge on any atom is 0.435 e. The van der Waals surface area contributed by atoms with E-state index in [2.05, 4.69) is 15.4 Å². The Morgan fingerprint density at radius 2 is 1.77 bits per heavy atom. The van der Waals surface area contributed by atoms with E-state index in [9.17, 15) is 18.0 Å². The van der Waals surface area contributed by atoms with E-state index >= 15 is 0 Å². The van der Waals surface area contributed by atoms with Gasteiger partial charge in [-0.1, -0.05) is 24.3 Å². The molecule has 4 rings (SSSR count). The van der Waals surface area contributed by atoms with E-state index in [1.165, 1.54) is 6.20 Å². The van der Waals surface area contributed by atoms with Gasteiger partial charge in [0.2, 0.25) is 0 Å². The summed E-state index contributed by atoms with van der Waals surface area (Å²) in [5, 5.41) is 6.38. The monoisotopic (exact) mass is 425 g/mol. The van der Waals surface area contributed by atoms with Crippen molar-refractivity contribution in [1.29, 1.82) is 0 Å². The number of imidazole rings is 1. The van der Waals surface area contributed by atoms with Crippen LogP contribution in [0.15, 0.2) is 79.5 Å². The van der Waals surface area contributed by atoms with Gasteiger partial charge in [0, 0.05) is 37.2 Å². The molecule has 0 radical (unpaired) electrons. The second-order valence-electron chi connectivity index (χ2n) is 6.93. The molecule has 2 heterocycles. The SMILES string of the molecule is O=C(NCc1cccc(Cn2ccnc2)c1)c1ccc(-n2ccc(C(F)(F)F)n2)cc1. The lowest BCUT2D eigenvalue weighted by Gasteiger charge is -2.09. The molecular weight excluding hydrogens is 407 g/mol. The zero-order valence-corrected chi connectivity index (χ0v) is 16.3. The molecule has 1 N–H and O–H groups in total. The first-order chi connectivity index (χ1) is 14.9. The van der Waals surface area contributed by atoms with E-state index in [0.717, 1.165) is 21.9 Å². The van der Waals surface area contributed by atoms with Crippen LogP contribution < -0.4 is 5.32 Å². The maximum absolute atomic E-state index is 12.7. The molecule has 9 heteroatoms. The van der Waals surface area contributed by atoms with Crippen molar-refractivity contribution < 1.29 is 18.0 Å². The summed E-state index contributed by atoms with van der Waals surface area (Å²) in [6.07, 6.45) is 2.07. The molecule has 0 saturated carbocycles. The van der Waals surface area contributed by atoms with Gasteiger partial charge < -0.3 is 9.88 Å². The van der Waals surface area contributed by atoms with Gasteiger partial charge in [0.1, 0.15) is 0 Å². The Labute approximate surface area is 176 Å². The molecule has 2 aromatic carbocycles. The highest BCUT2D eigenvalue weighted by Crippen LogP contribution is 2.27. The first kappa shape index (κ1) is 20.4. The lowest BCUT2D eigenvalue weighted by molar-refractivity contribution is -0.141. The lowest BCUT2D eigenvalue weighted by atomic mass is 10.1. The predicted octanol–water partition coefficient (Wildman–Crippen LogP) is 4.07. The highest BCUT2D eigenvalue weighted by Gasteiger charge is 2.33. The fourth-order valence-electron chi connectivity index (χ4n) is 3.10. The number of halogens is 3. The molecule has 6 nitrogen and oxygen atoms in total. The summed E-state index contributed by atoms with van der Waals surface area (Å²) in [6, 6.07) is 15.0. The molecular formula is C22H18F3N5O. The van der Waals surface area contributed by atoms with Gasteiger partial charge in [-0.25, -0.2) is 9.67 Å². The lowest BCUT2D eigenvalue weighted by Crippen LogP contribution is -2.22. The van der Waals surface area contributed by atoms with E-state index in [4.69, 9.17) is 0 Å². The number of hydrogen-bond acceptors (Lipinski definition) is 3. The summed E-state index contributed by atoms with van der Waals surface area (Å²) in [5.74, 6) is -0.275. The number of alkyl halides is 3. The normalized spacial score (nSPS) is 11.5. The molecule has 0 aliphatic rings. The average Bonchev–Trinajstić information content (AvgIpc) is 3.44. The second-order valence-corrected chi connectivity index (χ2v) is 6.93. The summed E-state index contributed by atoms with van der Waals surface area (Å²) >= 11 is 0. The molecule has 0 aliphatic heterocycles. The van der Waals surface area contributed by atoms with E-state index in [1.807, 2.05) is 35.0 Å². The first-order valence-electron chi connectivity index (χ1n) is 9.43. The summed E-state index contributed by atoms with van der Waals surface area (Å²) < 4.78 is 41.2. The van der Waals surface area contributed by atoms with Crippen molar-refractivity contribution in [3.05, 3.63) is 102 Å². The summed E-state index contributed by atoms with van der Waals surface area (Å²) in [6.45, 7) is 1.04. The van der Waals surface area contributed by atoms with Crippen LogP contribution >= 0.6 is 0 Å². The molecule has 0 unspecified atom stereocenters. The van der Waals surface area contributed by atoms with Crippen molar-refractivity contribution in [2.75, 3.05) is 0 Å². The Balaban J connectivity index is 1.37. The number of aromatic nitrogens is 4. The van der Waals surface area contributed by atoms with Crippen molar-refractivity contribution in [3.63, 3.8) is 0 Å². The molecule has 4 aromatic rings. The van der Waals surface area contributed by atoms with E-state index in [-0.39, 0.29) is 5.91 Å². The molecule has 0 atom stereocenters. The summed E-state index contributed by atoms with van der Waals surface area (Å²) in [7, 11) is 0. The van der Waals surface area contributed by atoms with Crippen LogP contribution in [0, 0.1) is 0 Å². The van der Waals surface area contributed by atoms with Gasteiger partial charge in [0.25, 0.3) is 5.91 Å². The third-order valence-electron chi connectivity index (χ3n) is 4.64. The van der Waals surface area contributed by atoms with Gasteiger partial charge in [-0.2, -0.15) is 18.3 Å². The third kappa shape index (κ3) is 5.00. The number of amides is 1. The van der Waals surface area contributed by atoms with E-state index < -0.39 is 11.9 Å². The fourth-order valence-corrected chi connectivity index (χ4v) is 3.10. The molecule has 2 aromatic heterocycles. The van der Waals surface area contributed by atoms with Crippen molar-refractivity contribution in [2.24, 2.45) is 0 Å². The highest BCUT2D eigenvalue weighted by atomic mass is 19.4.